The van der Waals surface area contributed by atoms with Gasteiger partial charge >= 0.3 is 0 Å². The zero-order valence-electron chi connectivity index (χ0n) is 4.65. The van der Waals surface area contributed by atoms with Gasteiger partial charge in [0.1, 0.15) is 0 Å². The van der Waals surface area contributed by atoms with Gasteiger partial charge in [0.2, 0.25) is 0 Å². The Kier molecular flexibility index (Phi) is 2.16. The summed E-state index contributed by atoms with van der Waals surface area (Å²) in [6.45, 7) is 0. The number of nitrogens with zero attached hydrogens (tertiary/aromatic N) is 1. The van der Waals surface area contributed by atoms with Gasteiger partial charge in [-0.15, -0.1) is 0 Å². The number of H-pyrrole nitrogens is 1. The van der Waals surface area contributed by atoms with Gasteiger partial charge < -0.3 is 14.8 Å². The highest BCUT2D eigenvalue weighted by atomic mass is 31.2. The molecule has 0 bridgehead atoms. The second kappa shape index (κ2) is 2.92. The lowest BCUT2D eigenvalue weighted by Gasteiger charge is -1.96. The Labute approximate surface area is 53.5 Å². The molecule has 1 aromatic heterocycles. The number of nitrogens with one attached hydrogen (secondary N) is 1. The topological polar surface area (TPSA) is 69.1 Å². The number of hydrogen-bond acceptors (Lipinski definition) is 3. The van der Waals surface area contributed by atoms with Crippen LogP contribution >= 0.6 is 8.38 Å². The summed E-state index contributed by atoms with van der Waals surface area (Å²) in [6, 6.07) is 0. The van der Waals surface area contributed by atoms with Crippen LogP contribution in [0.4, 0.5) is 0 Å². The number of hydrogen-bond donors (Lipinski definition) is 3. The van der Waals surface area contributed by atoms with Crippen molar-refractivity contribution >= 4 is 8.38 Å². The van der Waals surface area contributed by atoms with Gasteiger partial charge in [-0.05, 0) is 0 Å². The Morgan fingerprint density at radius 2 is 2.44 bits per heavy atom. The van der Waals surface area contributed by atoms with Crippen LogP contribution in [0.25, 0.3) is 0 Å². The molecule has 5 heteroatoms. The van der Waals surface area contributed by atoms with Crippen LogP contribution in [0.1, 0.15) is 5.69 Å². The summed E-state index contributed by atoms with van der Waals surface area (Å²) < 4.78 is 0. The fourth-order valence-electron chi connectivity index (χ4n) is 0.524. The predicted molar refractivity (Wildman–Crippen MR) is 33.6 cm³/mol. The van der Waals surface area contributed by atoms with Crippen LogP contribution in [0.2, 0.25) is 0 Å². The zero-order valence-corrected chi connectivity index (χ0v) is 5.55. The Balaban J connectivity index is 2.48. The number of imidazole rings is 1. The summed E-state index contributed by atoms with van der Waals surface area (Å²) in [5.41, 5.74) is 0.756. The van der Waals surface area contributed by atoms with Crippen LogP contribution < -0.4 is 0 Å². The minimum absolute atomic E-state index is 0.273. The second-order valence-corrected chi connectivity index (χ2v) is 2.67. The van der Waals surface area contributed by atoms with Gasteiger partial charge in [0, 0.05) is 11.9 Å². The zero-order chi connectivity index (χ0) is 6.69. The van der Waals surface area contributed by atoms with E-state index >= 15 is 0 Å². The maximum absolute atomic E-state index is 8.50. The number of aromatic amines is 1. The lowest BCUT2D eigenvalue weighted by molar-refractivity contribution is 0.481. The van der Waals surface area contributed by atoms with Crippen molar-refractivity contribution in [3.05, 3.63) is 18.2 Å². The highest BCUT2D eigenvalue weighted by Crippen LogP contribution is 2.27. The van der Waals surface area contributed by atoms with Crippen molar-refractivity contribution < 1.29 is 9.79 Å². The van der Waals surface area contributed by atoms with Crippen molar-refractivity contribution in [2.24, 2.45) is 0 Å². The molecule has 0 amide bonds. The van der Waals surface area contributed by atoms with Crippen LogP contribution in [0, 0.1) is 0 Å². The van der Waals surface area contributed by atoms with Crippen molar-refractivity contribution in [1.29, 1.82) is 0 Å². The summed E-state index contributed by atoms with van der Waals surface area (Å²) in [6.07, 6.45) is 3.35. The Morgan fingerprint density at radius 1 is 1.67 bits per heavy atom. The first-order valence-electron chi connectivity index (χ1n) is 2.41. The van der Waals surface area contributed by atoms with Crippen LogP contribution in [0.3, 0.4) is 0 Å². The van der Waals surface area contributed by atoms with Gasteiger partial charge in [-0.1, -0.05) is 0 Å². The largest absolute Gasteiger partial charge is 0.350 e. The van der Waals surface area contributed by atoms with Gasteiger partial charge in [-0.25, -0.2) is 4.98 Å². The first-order valence-corrected chi connectivity index (χ1v) is 3.85. The standard InChI is InChI=1S/C4H7N2O2P/c7-9(8)2-4-1-5-3-6-4/h1,3,7-8H,2H2,(H,5,6). The smallest absolute Gasteiger partial charge is 0.171 e. The summed E-state index contributed by atoms with van der Waals surface area (Å²) in [7, 11) is -1.82. The average molecular weight is 146 g/mol. The highest BCUT2D eigenvalue weighted by molar-refractivity contribution is 7.44. The van der Waals surface area contributed by atoms with E-state index in [-0.39, 0.29) is 6.16 Å². The third-order valence-corrected chi connectivity index (χ3v) is 1.49. The predicted octanol–water partition coefficient (Wildman–Crippen LogP) is 0.206. The van der Waals surface area contributed by atoms with E-state index in [1.807, 2.05) is 0 Å². The molecule has 1 aromatic rings. The first-order chi connectivity index (χ1) is 4.29. The van der Waals surface area contributed by atoms with E-state index in [1.165, 1.54) is 6.33 Å². The van der Waals surface area contributed by atoms with Crippen LogP contribution in [-0.4, -0.2) is 19.8 Å². The van der Waals surface area contributed by atoms with E-state index < -0.39 is 8.38 Å². The van der Waals surface area contributed by atoms with E-state index in [0.29, 0.717) is 0 Å². The molecular formula is C4H7N2O2P. The second-order valence-electron chi connectivity index (χ2n) is 1.61. The lowest BCUT2D eigenvalue weighted by Crippen LogP contribution is -1.80. The van der Waals surface area contributed by atoms with Crippen LogP contribution in [0.5, 0.6) is 0 Å². The number of rotatable bonds is 2. The molecule has 0 spiro atoms. The van der Waals surface area contributed by atoms with E-state index in [1.54, 1.807) is 6.20 Å². The first kappa shape index (κ1) is 6.68. The normalized spacial score (nSPS) is 10.6. The van der Waals surface area contributed by atoms with Crippen LogP contribution in [0.15, 0.2) is 12.5 Å². The van der Waals surface area contributed by atoms with Crippen LogP contribution in [-0.2, 0) is 6.16 Å². The Hall–Kier alpha value is -0.440. The van der Waals surface area contributed by atoms with Gasteiger partial charge in [0.05, 0.1) is 12.5 Å². The lowest BCUT2D eigenvalue weighted by atomic mass is 10.6. The monoisotopic (exact) mass is 146 g/mol. The maximum atomic E-state index is 8.50. The Bertz CT molecular complexity index is 163. The van der Waals surface area contributed by atoms with E-state index in [2.05, 4.69) is 9.97 Å². The van der Waals surface area contributed by atoms with Crippen molar-refractivity contribution in [3.63, 3.8) is 0 Å². The van der Waals surface area contributed by atoms with E-state index in [4.69, 9.17) is 9.79 Å². The molecule has 3 N–H and O–H groups in total. The molecule has 9 heavy (non-hydrogen) atoms. The van der Waals surface area contributed by atoms with E-state index in [9.17, 15) is 0 Å². The van der Waals surface area contributed by atoms with Gasteiger partial charge in [0.15, 0.2) is 8.38 Å². The molecule has 4 nitrogen and oxygen atoms in total. The van der Waals surface area contributed by atoms with E-state index in [0.717, 1.165) is 5.69 Å². The minimum atomic E-state index is -1.82. The molecule has 0 saturated heterocycles. The molecular weight excluding hydrogens is 139 g/mol. The molecule has 0 aromatic carbocycles. The minimum Gasteiger partial charge on any atom is -0.350 e. The fourth-order valence-corrected chi connectivity index (χ4v) is 1.00. The molecule has 0 saturated carbocycles. The molecule has 0 atom stereocenters. The molecule has 0 fully saturated rings. The summed E-state index contributed by atoms with van der Waals surface area (Å²) in [5.74, 6) is 0. The van der Waals surface area contributed by atoms with Crippen molar-refractivity contribution in [3.8, 4) is 0 Å². The molecule has 0 unspecified atom stereocenters. The van der Waals surface area contributed by atoms with Crippen molar-refractivity contribution in [2.75, 3.05) is 0 Å². The molecule has 50 valence electrons. The molecule has 0 aliphatic heterocycles. The van der Waals surface area contributed by atoms with Crippen molar-refractivity contribution in [2.45, 2.75) is 6.16 Å². The molecule has 1 rings (SSSR count). The SMILES string of the molecule is OP(O)Cc1cnc[nH]1. The van der Waals surface area contributed by atoms with Gasteiger partial charge in [0.25, 0.3) is 0 Å². The molecule has 0 aliphatic carbocycles. The highest BCUT2D eigenvalue weighted by Gasteiger charge is 2.00. The van der Waals surface area contributed by atoms with Crippen molar-refractivity contribution in [1.82, 2.24) is 9.97 Å². The average Bonchev–Trinajstić information content (AvgIpc) is 2.15. The number of aromatic nitrogens is 2. The molecule has 0 aliphatic rings. The van der Waals surface area contributed by atoms with Gasteiger partial charge in [-0.2, -0.15) is 0 Å². The summed E-state index contributed by atoms with van der Waals surface area (Å²) >= 11 is 0. The third kappa shape index (κ3) is 2.10. The van der Waals surface area contributed by atoms with Gasteiger partial charge in [-0.3, -0.25) is 0 Å². The molecule has 0 radical (unpaired) electrons. The molecule has 1 heterocycles. The quantitative estimate of drug-likeness (QED) is 0.522. The summed E-state index contributed by atoms with van der Waals surface area (Å²) in [5, 5.41) is 0. The Morgan fingerprint density at radius 3 is 2.89 bits per heavy atom. The fraction of sp³-hybridized carbons (Fsp3) is 0.250. The maximum Gasteiger partial charge on any atom is 0.171 e. The summed E-state index contributed by atoms with van der Waals surface area (Å²) in [4.78, 5) is 23.5. The third-order valence-electron chi connectivity index (χ3n) is 0.867.